The molecule has 0 N–H and O–H groups in total. The summed E-state index contributed by atoms with van der Waals surface area (Å²) >= 11 is 1.59. The minimum absolute atomic E-state index is 0.543. The molecule has 1 aromatic carbocycles. The Hall–Kier alpha value is -2.21. The zero-order valence-corrected chi connectivity index (χ0v) is 11.9. The maximum Gasteiger partial charge on any atom is 0.247 e. The normalized spacial score (nSPS) is 11.7. The van der Waals surface area contributed by atoms with Crippen molar-refractivity contribution in [3.8, 4) is 11.6 Å². The molecule has 0 unspecified atom stereocenters. The summed E-state index contributed by atoms with van der Waals surface area (Å²) in [6.45, 7) is 4.12. The van der Waals surface area contributed by atoms with Crippen molar-refractivity contribution >= 4 is 27.4 Å². The fourth-order valence-electron chi connectivity index (χ4n) is 2.13. The number of hydrogen-bond donors (Lipinski definition) is 0. The Kier molecular flexibility index (Phi) is 2.40. The first-order chi connectivity index (χ1) is 9.72. The minimum atomic E-state index is 0.543. The molecular weight excluding hydrogens is 272 g/mol. The quantitative estimate of drug-likeness (QED) is 0.565. The number of aryl methyl sites for hydroxylation is 2. The maximum atomic E-state index is 5.75. The third-order valence-electron chi connectivity index (χ3n) is 3.15. The predicted molar refractivity (Wildman–Crippen MR) is 78.0 cm³/mol. The molecule has 3 aromatic heterocycles. The topological polar surface area (TPSA) is 56.2 Å². The Morgan fingerprint density at radius 3 is 3.00 bits per heavy atom. The van der Waals surface area contributed by atoms with E-state index in [-0.39, 0.29) is 0 Å². The molecule has 0 saturated carbocycles. The van der Waals surface area contributed by atoms with Crippen LogP contribution in [0.3, 0.4) is 0 Å². The van der Waals surface area contributed by atoms with Gasteiger partial charge in [0.1, 0.15) is 16.2 Å². The van der Waals surface area contributed by atoms with Crippen LogP contribution in [-0.4, -0.2) is 19.6 Å². The van der Waals surface area contributed by atoms with Crippen molar-refractivity contribution in [3.63, 3.8) is 0 Å². The molecule has 5 nitrogen and oxygen atoms in total. The predicted octanol–water partition coefficient (Wildman–Crippen LogP) is 3.47. The highest BCUT2D eigenvalue weighted by molar-refractivity contribution is 7.16. The Balaban J connectivity index is 1.84. The lowest BCUT2D eigenvalue weighted by molar-refractivity contribution is 0.617. The van der Waals surface area contributed by atoms with Crippen LogP contribution in [0.15, 0.2) is 28.8 Å². The summed E-state index contributed by atoms with van der Waals surface area (Å²) in [6.07, 6.45) is 2.79. The number of aromatic nitrogens is 4. The van der Waals surface area contributed by atoms with Crippen molar-refractivity contribution in [2.75, 3.05) is 0 Å². The molecule has 0 aliphatic heterocycles. The van der Waals surface area contributed by atoms with Crippen LogP contribution in [0.4, 0.5) is 0 Å². The number of benzene rings is 1. The molecule has 0 spiro atoms. The molecule has 6 heteroatoms. The molecule has 3 heterocycles. The standard InChI is InChI=1S/C14H12N4OS/c1-3-12-17-18-7-10(16-14(18)20-12)13-15-9-6-8(2)4-5-11(9)19-13/h4-7H,3H2,1-2H3. The third-order valence-corrected chi connectivity index (χ3v) is 4.22. The number of rotatable bonds is 2. The maximum absolute atomic E-state index is 5.75. The lowest BCUT2D eigenvalue weighted by Gasteiger charge is -1.87. The average Bonchev–Trinajstić information content (AvgIpc) is 3.08. The van der Waals surface area contributed by atoms with Gasteiger partial charge < -0.3 is 4.42 Å². The van der Waals surface area contributed by atoms with Gasteiger partial charge in [0.05, 0.1) is 6.20 Å². The highest BCUT2D eigenvalue weighted by Gasteiger charge is 2.14. The Morgan fingerprint density at radius 2 is 2.20 bits per heavy atom. The fraction of sp³-hybridized carbons (Fsp3) is 0.214. The lowest BCUT2D eigenvalue weighted by Crippen LogP contribution is -1.83. The minimum Gasteiger partial charge on any atom is -0.435 e. The molecule has 20 heavy (non-hydrogen) atoms. The highest BCUT2D eigenvalue weighted by Crippen LogP contribution is 2.26. The van der Waals surface area contributed by atoms with Gasteiger partial charge in [0, 0.05) is 0 Å². The first-order valence-corrected chi connectivity index (χ1v) is 7.27. The summed E-state index contributed by atoms with van der Waals surface area (Å²) in [5.41, 5.74) is 3.53. The second kappa shape index (κ2) is 4.14. The van der Waals surface area contributed by atoms with Crippen LogP contribution in [0.1, 0.15) is 17.5 Å². The smallest absolute Gasteiger partial charge is 0.247 e. The van der Waals surface area contributed by atoms with Gasteiger partial charge >= 0.3 is 0 Å². The second-order valence-corrected chi connectivity index (χ2v) is 5.73. The van der Waals surface area contributed by atoms with Crippen molar-refractivity contribution in [2.24, 2.45) is 0 Å². The number of fused-ring (bicyclic) bond motifs is 2. The van der Waals surface area contributed by atoms with E-state index in [1.165, 1.54) is 0 Å². The molecule has 0 saturated heterocycles. The van der Waals surface area contributed by atoms with Crippen molar-refractivity contribution in [1.29, 1.82) is 0 Å². The van der Waals surface area contributed by atoms with E-state index in [4.69, 9.17) is 4.42 Å². The first kappa shape index (κ1) is 11.6. The van der Waals surface area contributed by atoms with Crippen LogP contribution < -0.4 is 0 Å². The first-order valence-electron chi connectivity index (χ1n) is 6.45. The van der Waals surface area contributed by atoms with E-state index in [1.54, 1.807) is 15.9 Å². The number of imidazole rings is 1. The zero-order chi connectivity index (χ0) is 13.7. The SMILES string of the molecule is CCc1nn2cc(-c3nc4cc(C)ccc4o3)nc2s1. The largest absolute Gasteiger partial charge is 0.435 e. The van der Waals surface area contributed by atoms with E-state index in [9.17, 15) is 0 Å². The number of hydrogen-bond acceptors (Lipinski definition) is 5. The molecule has 100 valence electrons. The zero-order valence-electron chi connectivity index (χ0n) is 11.1. The van der Waals surface area contributed by atoms with Gasteiger partial charge in [-0.25, -0.2) is 14.5 Å². The Labute approximate surface area is 118 Å². The monoisotopic (exact) mass is 284 g/mol. The van der Waals surface area contributed by atoms with E-state index < -0.39 is 0 Å². The molecule has 0 fully saturated rings. The summed E-state index contributed by atoms with van der Waals surface area (Å²) < 4.78 is 7.55. The van der Waals surface area contributed by atoms with Gasteiger partial charge in [-0.1, -0.05) is 24.3 Å². The summed E-state index contributed by atoms with van der Waals surface area (Å²) in [5.74, 6) is 0.543. The lowest BCUT2D eigenvalue weighted by atomic mass is 10.2. The summed E-state index contributed by atoms with van der Waals surface area (Å²) in [4.78, 5) is 9.90. The molecule has 0 amide bonds. The molecule has 0 aliphatic rings. The van der Waals surface area contributed by atoms with E-state index in [2.05, 4.69) is 22.0 Å². The van der Waals surface area contributed by atoms with Crippen LogP contribution >= 0.6 is 11.3 Å². The third kappa shape index (κ3) is 1.72. The molecule has 0 atom stereocenters. The van der Waals surface area contributed by atoms with Crippen LogP contribution in [0.2, 0.25) is 0 Å². The molecule has 0 radical (unpaired) electrons. The van der Waals surface area contributed by atoms with Crippen LogP contribution in [0.5, 0.6) is 0 Å². The summed E-state index contributed by atoms with van der Waals surface area (Å²) in [5, 5.41) is 5.52. The van der Waals surface area contributed by atoms with Crippen molar-refractivity contribution in [1.82, 2.24) is 19.6 Å². The van der Waals surface area contributed by atoms with Gasteiger partial charge in [0.25, 0.3) is 0 Å². The Morgan fingerprint density at radius 1 is 1.30 bits per heavy atom. The molecular formula is C14H12N4OS. The van der Waals surface area contributed by atoms with Crippen molar-refractivity contribution < 1.29 is 4.42 Å². The van der Waals surface area contributed by atoms with Gasteiger partial charge in [0.15, 0.2) is 5.58 Å². The van der Waals surface area contributed by atoms with Crippen LogP contribution in [-0.2, 0) is 6.42 Å². The molecule has 0 bridgehead atoms. The van der Waals surface area contributed by atoms with Crippen LogP contribution in [0, 0.1) is 6.92 Å². The number of oxazole rings is 1. The van der Waals surface area contributed by atoms with Gasteiger partial charge in [-0.3, -0.25) is 0 Å². The number of nitrogens with zero attached hydrogens (tertiary/aromatic N) is 4. The van der Waals surface area contributed by atoms with Gasteiger partial charge in [0.2, 0.25) is 10.9 Å². The average molecular weight is 284 g/mol. The Bertz CT molecular complexity index is 886. The summed E-state index contributed by atoms with van der Waals surface area (Å²) in [6, 6.07) is 5.96. The van der Waals surface area contributed by atoms with Gasteiger partial charge in [-0.2, -0.15) is 5.10 Å². The van der Waals surface area contributed by atoms with Crippen molar-refractivity contribution in [3.05, 3.63) is 35.0 Å². The van der Waals surface area contributed by atoms with Crippen LogP contribution in [0.25, 0.3) is 27.6 Å². The second-order valence-electron chi connectivity index (χ2n) is 4.69. The van der Waals surface area contributed by atoms with E-state index in [0.29, 0.717) is 5.89 Å². The van der Waals surface area contributed by atoms with Gasteiger partial charge in [-0.15, -0.1) is 0 Å². The molecule has 0 aliphatic carbocycles. The van der Waals surface area contributed by atoms with E-state index in [0.717, 1.165) is 38.7 Å². The van der Waals surface area contributed by atoms with E-state index in [1.807, 2.05) is 31.3 Å². The molecule has 4 rings (SSSR count). The fourth-order valence-corrected chi connectivity index (χ4v) is 2.95. The molecule has 4 aromatic rings. The van der Waals surface area contributed by atoms with E-state index >= 15 is 0 Å². The highest BCUT2D eigenvalue weighted by atomic mass is 32.1. The van der Waals surface area contributed by atoms with Crippen molar-refractivity contribution in [2.45, 2.75) is 20.3 Å². The van der Waals surface area contributed by atoms with Gasteiger partial charge in [-0.05, 0) is 31.0 Å². The summed E-state index contributed by atoms with van der Waals surface area (Å²) in [7, 11) is 0.